The number of hydrogen-bond acceptors (Lipinski definition) is 5. The molecular formula is C18H18I3NO4. The number of hydrogen-bond donors (Lipinski definition) is 2. The Labute approximate surface area is 193 Å². The maximum Gasteiger partial charge on any atom is 0.323 e. The van der Waals surface area contributed by atoms with Gasteiger partial charge < -0.3 is 20.3 Å². The summed E-state index contributed by atoms with van der Waals surface area (Å²) < 4.78 is 13.7. The van der Waals surface area contributed by atoms with E-state index >= 15 is 0 Å². The maximum atomic E-state index is 11.9. The third-order valence-corrected chi connectivity index (χ3v) is 5.77. The predicted molar refractivity (Wildman–Crippen MR) is 126 cm³/mol. The highest BCUT2D eigenvalue weighted by Crippen LogP contribution is 2.35. The SMILES string of the molecule is CC(C)OC(=O)[C@@H](N)Cc1cc(I)c(Oc2ccc(O)c(I)c2)c(I)c1. The molecule has 2 aromatic rings. The van der Waals surface area contributed by atoms with Crippen molar-refractivity contribution in [2.75, 3.05) is 0 Å². The highest BCUT2D eigenvalue weighted by Gasteiger charge is 2.19. The molecule has 0 aliphatic rings. The second-order valence-corrected chi connectivity index (χ2v) is 9.39. The minimum Gasteiger partial charge on any atom is -0.507 e. The molecule has 0 radical (unpaired) electrons. The summed E-state index contributed by atoms with van der Waals surface area (Å²) in [6.07, 6.45) is 0.215. The van der Waals surface area contributed by atoms with Crippen molar-refractivity contribution in [3.05, 3.63) is 46.6 Å². The minimum absolute atomic E-state index is 0.183. The number of phenols is 1. The highest BCUT2D eigenvalue weighted by molar-refractivity contribution is 14.1. The van der Waals surface area contributed by atoms with Crippen molar-refractivity contribution < 1.29 is 19.4 Å². The zero-order valence-corrected chi connectivity index (χ0v) is 20.6. The molecule has 0 bridgehead atoms. The molecule has 2 aromatic carbocycles. The Morgan fingerprint density at radius 2 is 1.73 bits per heavy atom. The van der Waals surface area contributed by atoms with Gasteiger partial charge in [0.2, 0.25) is 0 Å². The number of rotatable bonds is 6. The van der Waals surface area contributed by atoms with Crippen LogP contribution >= 0.6 is 67.8 Å². The van der Waals surface area contributed by atoms with E-state index in [-0.39, 0.29) is 11.9 Å². The molecule has 0 aliphatic heterocycles. The van der Waals surface area contributed by atoms with Crippen LogP contribution in [-0.4, -0.2) is 23.2 Å². The van der Waals surface area contributed by atoms with Gasteiger partial charge >= 0.3 is 5.97 Å². The largest absolute Gasteiger partial charge is 0.507 e. The molecule has 26 heavy (non-hydrogen) atoms. The summed E-state index contributed by atoms with van der Waals surface area (Å²) >= 11 is 6.45. The first kappa shape index (κ1) is 22.0. The van der Waals surface area contributed by atoms with Crippen LogP contribution in [0.4, 0.5) is 0 Å². The summed E-state index contributed by atoms with van der Waals surface area (Å²) in [6, 6.07) is 8.29. The van der Waals surface area contributed by atoms with Crippen LogP contribution in [0.3, 0.4) is 0 Å². The molecule has 0 spiro atoms. The molecule has 0 saturated carbocycles. The Balaban J connectivity index is 2.17. The van der Waals surface area contributed by atoms with Gasteiger partial charge in [-0.25, -0.2) is 0 Å². The van der Waals surface area contributed by atoms with Gasteiger partial charge in [-0.2, -0.15) is 0 Å². The Bertz CT molecular complexity index is 788. The molecule has 5 nitrogen and oxygen atoms in total. The van der Waals surface area contributed by atoms with Crippen LogP contribution in [-0.2, 0) is 16.0 Å². The van der Waals surface area contributed by atoms with Crippen LogP contribution in [0, 0.1) is 10.7 Å². The first-order valence-electron chi connectivity index (χ1n) is 7.77. The number of esters is 1. The van der Waals surface area contributed by atoms with Crippen LogP contribution in [0.25, 0.3) is 0 Å². The molecule has 1 atom stereocenters. The Morgan fingerprint density at radius 3 is 2.27 bits per heavy atom. The van der Waals surface area contributed by atoms with Gasteiger partial charge in [-0.05, 0) is 124 Å². The highest BCUT2D eigenvalue weighted by atomic mass is 127. The molecule has 0 unspecified atom stereocenters. The summed E-state index contributed by atoms with van der Waals surface area (Å²) in [5.74, 6) is 1.20. The van der Waals surface area contributed by atoms with E-state index in [1.165, 1.54) is 0 Å². The quantitative estimate of drug-likeness (QED) is 0.336. The molecule has 2 rings (SSSR count). The standard InChI is InChI=1S/C18H18I3NO4/c1-9(2)25-18(24)15(22)7-10-5-13(20)17(14(21)6-10)26-11-3-4-16(23)12(19)8-11/h3-6,8-9,15,23H,7,22H2,1-2H3/t15-/m0/s1. The molecule has 8 heteroatoms. The van der Waals surface area contributed by atoms with Crippen molar-refractivity contribution in [3.8, 4) is 17.2 Å². The van der Waals surface area contributed by atoms with Crippen LogP contribution in [0.2, 0.25) is 0 Å². The molecule has 3 N–H and O–H groups in total. The van der Waals surface area contributed by atoms with Crippen LogP contribution in [0.1, 0.15) is 19.4 Å². The van der Waals surface area contributed by atoms with E-state index < -0.39 is 12.0 Å². The van der Waals surface area contributed by atoms with Gasteiger partial charge in [0.15, 0.2) is 5.75 Å². The Kier molecular flexibility index (Phi) is 8.22. The van der Waals surface area contributed by atoms with E-state index in [9.17, 15) is 9.90 Å². The third kappa shape index (κ3) is 6.09. The lowest BCUT2D eigenvalue weighted by Gasteiger charge is -2.16. The van der Waals surface area contributed by atoms with Crippen molar-refractivity contribution in [2.24, 2.45) is 5.73 Å². The van der Waals surface area contributed by atoms with Crippen molar-refractivity contribution >= 4 is 73.7 Å². The van der Waals surface area contributed by atoms with Gasteiger partial charge in [-0.3, -0.25) is 4.79 Å². The fourth-order valence-electron chi connectivity index (χ4n) is 2.15. The fraction of sp³-hybridized carbons (Fsp3) is 0.278. The van der Waals surface area contributed by atoms with Crippen LogP contribution < -0.4 is 10.5 Å². The summed E-state index contributed by atoms with van der Waals surface area (Å²) in [4.78, 5) is 11.9. The number of halogens is 3. The Hall–Kier alpha value is -0.340. The predicted octanol–water partition coefficient (Wildman–Crippen LogP) is 4.82. The number of carbonyl (C=O) groups excluding carboxylic acids is 1. The summed E-state index contributed by atoms with van der Waals surface area (Å²) in [6.45, 7) is 3.60. The number of nitrogens with two attached hydrogens (primary N) is 1. The molecule has 0 saturated heterocycles. The van der Waals surface area contributed by atoms with Gasteiger partial charge in [0.05, 0.1) is 16.8 Å². The topological polar surface area (TPSA) is 81.8 Å². The van der Waals surface area contributed by atoms with Gasteiger partial charge in [0.25, 0.3) is 0 Å². The second-order valence-electron chi connectivity index (χ2n) is 5.90. The van der Waals surface area contributed by atoms with Crippen LogP contribution in [0.15, 0.2) is 30.3 Å². The van der Waals surface area contributed by atoms with Gasteiger partial charge in [0, 0.05) is 0 Å². The smallest absolute Gasteiger partial charge is 0.323 e. The molecule has 0 fully saturated rings. The van der Waals surface area contributed by atoms with Crippen molar-refractivity contribution in [1.29, 1.82) is 0 Å². The van der Waals surface area contributed by atoms with E-state index in [0.29, 0.717) is 12.2 Å². The summed E-state index contributed by atoms with van der Waals surface area (Å²) in [5, 5.41) is 9.62. The maximum absolute atomic E-state index is 11.9. The lowest BCUT2D eigenvalue weighted by molar-refractivity contribution is -0.148. The first-order chi connectivity index (χ1) is 12.2. The van der Waals surface area contributed by atoms with E-state index in [4.69, 9.17) is 15.2 Å². The molecule has 140 valence electrons. The average Bonchev–Trinajstić information content (AvgIpc) is 2.53. The molecule has 0 heterocycles. The number of aromatic hydroxyl groups is 1. The van der Waals surface area contributed by atoms with Gasteiger partial charge in [-0.1, -0.05) is 0 Å². The average molecular weight is 693 g/mol. The number of ether oxygens (including phenoxy) is 2. The summed E-state index contributed by atoms with van der Waals surface area (Å²) in [5.41, 5.74) is 6.90. The van der Waals surface area contributed by atoms with Crippen molar-refractivity contribution in [1.82, 2.24) is 0 Å². The lowest BCUT2D eigenvalue weighted by Crippen LogP contribution is -2.35. The van der Waals surface area contributed by atoms with Gasteiger partial charge in [-0.15, -0.1) is 0 Å². The minimum atomic E-state index is -0.700. The summed E-state index contributed by atoms with van der Waals surface area (Å²) in [7, 11) is 0. The number of carbonyl (C=O) groups is 1. The Morgan fingerprint density at radius 1 is 1.12 bits per heavy atom. The van der Waals surface area contributed by atoms with E-state index in [1.807, 2.05) is 12.1 Å². The zero-order valence-electron chi connectivity index (χ0n) is 14.1. The van der Waals surface area contributed by atoms with Gasteiger partial charge in [0.1, 0.15) is 17.5 Å². The molecule has 0 amide bonds. The normalized spacial score (nSPS) is 12.1. The third-order valence-electron chi connectivity index (χ3n) is 3.31. The van der Waals surface area contributed by atoms with E-state index in [0.717, 1.165) is 22.0 Å². The van der Waals surface area contributed by atoms with E-state index in [2.05, 4.69) is 67.8 Å². The lowest BCUT2D eigenvalue weighted by atomic mass is 10.1. The first-order valence-corrected chi connectivity index (χ1v) is 11.0. The fourth-order valence-corrected chi connectivity index (χ4v) is 4.76. The number of phenolic OH excluding ortho intramolecular Hbond substituents is 1. The second kappa shape index (κ2) is 9.73. The van der Waals surface area contributed by atoms with E-state index in [1.54, 1.807) is 32.0 Å². The number of benzene rings is 2. The monoisotopic (exact) mass is 693 g/mol. The molecule has 0 aliphatic carbocycles. The van der Waals surface area contributed by atoms with Crippen LogP contribution in [0.5, 0.6) is 17.2 Å². The molecule has 0 aromatic heterocycles. The van der Waals surface area contributed by atoms with Crippen molar-refractivity contribution in [3.63, 3.8) is 0 Å². The zero-order chi connectivity index (χ0) is 19.4. The van der Waals surface area contributed by atoms with Crippen molar-refractivity contribution in [2.45, 2.75) is 32.4 Å². The molecular weight excluding hydrogens is 675 g/mol.